The number of carbonyl (C=O) groups excluding carboxylic acids is 1. The van der Waals surface area contributed by atoms with E-state index in [1.165, 1.54) is 0 Å². The summed E-state index contributed by atoms with van der Waals surface area (Å²) in [5.74, 6) is 0.897. The Kier molecular flexibility index (Phi) is 4.70. The molecule has 1 atom stereocenters. The van der Waals surface area contributed by atoms with Crippen LogP contribution in [-0.4, -0.2) is 18.9 Å². The molecule has 0 saturated heterocycles. The van der Waals surface area contributed by atoms with Crippen LogP contribution in [0.5, 0.6) is 5.75 Å². The molecule has 17 heavy (non-hydrogen) atoms. The highest BCUT2D eigenvalue weighted by atomic mass is 16.5. The highest BCUT2D eigenvalue weighted by Crippen LogP contribution is 2.24. The summed E-state index contributed by atoms with van der Waals surface area (Å²) in [5.41, 5.74) is 7.98. The minimum absolute atomic E-state index is 0.0270. The predicted octanol–water partition coefficient (Wildman–Crippen LogP) is 2.10. The number of rotatable bonds is 5. The molecule has 1 unspecified atom stereocenters. The monoisotopic (exact) mass is 235 g/mol. The fourth-order valence-electron chi connectivity index (χ4n) is 1.93. The number of para-hydroxylation sites is 1. The van der Waals surface area contributed by atoms with Crippen LogP contribution in [0, 0.1) is 12.8 Å². The summed E-state index contributed by atoms with van der Waals surface area (Å²) in [5, 5.41) is 0. The van der Waals surface area contributed by atoms with Crippen LogP contribution in [0.2, 0.25) is 0 Å². The number of ether oxygens (including phenoxy) is 1. The number of ketones is 1. The van der Waals surface area contributed by atoms with Gasteiger partial charge in [-0.05, 0) is 24.5 Å². The van der Waals surface area contributed by atoms with Gasteiger partial charge in [-0.1, -0.05) is 32.0 Å². The molecular weight excluding hydrogens is 214 g/mol. The van der Waals surface area contributed by atoms with Crippen molar-refractivity contribution in [2.45, 2.75) is 33.2 Å². The Morgan fingerprint density at radius 2 is 2.06 bits per heavy atom. The van der Waals surface area contributed by atoms with Crippen LogP contribution in [0.3, 0.4) is 0 Å². The summed E-state index contributed by atoms with van der Waals surface area (Å²) in [4.78, 5) is 11.8. The van der Waals surface area contributed by atoms with Crippen LogP contribution >= 0.6 is 0 Å². The van der Waals surface area contributed by atoms with Gasteiger partial charge in [-0.25, -0.2) is 0 Å². The number of carbonyl (C=O) groups is 1. The van der Waals surface area contributed by atoms with Gasteiger partial charge in [0.05, 0.1) is 13.2 Å². The summed E-state index contributed by atoms with van der Waals surface area (Å²) in [6, 6.07) is 5.45. The lowest BCUT2D eigenvalue weighted by molar-refractivity contribution is -0.123. The largest absolute Gasteiger partial charge is 0.496 e. The normalized spacial score (nSPS) is 12.6. The van der Waals surface area contributed by atoms with Gasteiger partial charge in [0.1, 0.15) is 5.75 Å². The van der Waals surface area contributed by atoms with Crippen molar-refractivity contribution in [1.29, 1.82) is 0 Å². The molecule has 0 aliphatic carbocycles. The van der Waals surface area contributed by atoms with Crippen LogP contribution in [0.25, 0.3) is 0 Å². The zero-order valence-corrected chi connectivity index (χ0v) is 11.0. The Morgan fingerprint density at radius 1 is 1.41 bits per heavy atom. The van der Waals surface area contributed by atoms with Crippen molar-refractivity contribution in [3.63, 3.8) is 0 Å². The van der Waals surface area contributed by atoms with Crippen LogP contribution in [0.15, 0.2) is 18.2 Å². The summed E-state index contributed by atoms with van der Waals surface area (Å²) >= 11 is 0. The first kappa shape index (κ1) is 13.7. The highest BCUT2D eigenvalue weighted by Gasteiger charge is 2.19. The Bertz CT molecular complexity index is 399. The lowest BCUT2D eigenvalue weighted by Crippen LogP contribution is -2.35. The number of hydrogen-bond acceptors (Lipinski definition) is 3. The van der Waals surface area contributed by atoms with E-state index in [1.807, 2.05) is 39.0 Å². The van der Waals surface area contributed by atoms with Crippen LogP contribution < -0.4 is 10.5 Å². The minimum Gasteiger partial charge on any atom is -0.496 e. The van der Waals surface area contributed by atoms with E-state index in [4.69, 9.17) is 10.5 Å². The second-order valence-corrected chi connectivity index (χ2v) is 4.63. The first-order valence-electron chi connectivity index (χ1n) is 5.89. The van der Waals surface area contributed by atoms with Crippen LogP contribution in [0.1, 0.15) is 25.0 Å². The van der Waals surface area contributed by atoms with Gasteiger partial charge in [0.2, 0.25) is 0 Å². The Hall–Kier alpha value is -1.35. The summed E-state index contributed by atoms with van der Waals surface area (Å²) in [6.45, 7) is 5.73. The molecule has 0 aliphatic heterocycles. The third kappa shape index (κ3) is 3.30. The fraction of sp³-hybridized carbons (Fsp3) is 0.500. The molecule has 0 aromatic heterocycles. The molecule has 0 radical (unpaired) electrons. The number of benzene rings is 1. The summed E-state index contributed by atoms with van der Waals surface area (Å²) < 4.78 is 5.35. The molecule has 94 valence electrons. The minimum atomic E-state index is -0.453. The van der Waals surface area contributed by atoms with E-state index in [9.17, 15) is 4.79 Å². The van der Waals surface area contributed by atoms with Gasteiger partial charge >= 0.3 is 0 Å². The van der Waals surface area contributed by atoms with Gasteiger partial charge in [-0.3, -0.25) is 4.79 Å². The zero-order chi connectivity index (χ0) is 13.0. The SMILES string of the molecule is COc1c(C)cccc1CC(N)C(=O)C(C)C. The molecule has 0 aliphatic rings. The number of hydrogen-bond donors (Lipinski definition) is 1. The van der Waals surface area contributed by atoms with Crippen LogP contribution in [-0.2, 0) is 11.2 Å². The third-order valence-electron chi connectivity index (χ3n) is 2.87. The molecule has 1 rings (SSSR count). The quantitative estimate of drug-likeness (QED) is 0.850. The smallest absolute Gasteiger partial charge is 0.152 e. The van der Waals surface area contributed by atoms with Crippen molar-refractivity contribution in [2.24, 2.45) is 11.7 Å². The van der Waals surface area contributed by atoms with Crippen molar-refractivity contribution < 1.29 is 9.53 Å². The second kappa shape index (κ2) is 5.82. The summed E-state index contributed by atoms with van der Waals surface area (Å²) in [6.07, 6.45) is 0.530. The lowest BCUT2D eigenvalue weighted by atomic mass is 9.95. The molecule has 2 N–H and O–H groups in total. The second-order valence-electron chi connectivity index (χ2n) is 4.63. The van der Waals surface area contributed by atoms with Gasteiger partial charge < -0.3 is 10.5 Å². The maximum Gasteiger partial charge on any atom is 0.152 e. The maximum absolute atomic E-state index is 11.8. The molecule has 0 heterocycles. The van der Waals surface area contributed by atoms with E-state index in [0.717, 1.165) is 16.9 Å². The van der Waals surface area contributed by atoms with E-state index in [0.29, 0.717) is 6.42 Å². The van der Waals surface area contributed by atoms with Crippen molar-refractivity contribution in [1.82, 2.24) is 0 Å². The van der Waals surface area contributed by atoms with E-state index < -0.39 is 6.04 Å². The molecule has 0 saturated carbocycles. The van der Waals surface area contributed by atoms with E-state index in [-0.39, 0.29) is 11.7 Å². The number of methoxy groups -OCH3 is 1. The molecule has 0 amide bonds. The van der Waals surface area contributed by atoms with Crippen LogP contribution in [0.4, 0.5) is 0 Å². The van der Waals surface area contributed by atoms with Gasteiger partial charge in [0.25, 0.3) is 0 Å². The fourth-order valence-corrected chi connectivity index (χ4v) is 1.93. The van der Waals surface area contributed by atoms with Gasteiger partial charge in [0.15, 0.2) is 5.78 Å². The molecule has 3 heteroatoms. The molecule has 0 spiro atoms. The van der Waals surface area contributed by atoms with Gasteiger partial charge in [0, 0.05) is 5.92 Å². The average molecular weight is 235 g/mol. The molecule has 1 aromatic carbocycles. The van der Waals surface area contributed by atoms with Gasteiger partial charge in [-0.15, -0.1) is 0 Å². The molecule has 0 bridgehead atoms. The van der Waals surface area contributed by atoms with Crippen molar-refractivity contribution in [3.8, 4) is 5.75 Å². The number of aryl methyl sites for hydroxylation is 1. The molecule has 3 nitrogen and oxygen atoms in total. The first-order valence-corrected chi connectivity index (χ1v) is 5.89. The first-order chi connectivity index (χ1) is 7.97. The maximum atomic E-state index is 11.8. The number of Topliss-reactive ketones (excluding diaryl/α,β-unsaturated/α-hetero) is 1. The predicted molar refractivity (Wildman–Crippen MR) is 69.3 cm³/mol. The molecule has 0 fully saturated rings. The van der Waals surface area contributed by atoms with Gasteiger partial charge in [-0.2, -0.15) is 0 Å². The van der Waals surface area contributed by atoms with Crippen molar-refractivity contribution in [2.75, 3.05) is 7.11 Å². The standard InChI is InChI=1S/C14H21NO2/c1-9(2)13(16)12(15)8-11-7-5-6-10(3)14(11)17-4/h5-7,9,12H,8,15H2,1-4H3. The van der Waals surface area contributed by atoms with Crippen molar-refractivity contribution in [3.05, 3.63) is 29.3 Å². The van der Waals surface area contributed by atoms with E-state index in [2.05, 4.69) is 0 Å². The number of nitrogens with two attached hydrogens (primary N) is 1. The summed E-state index contributed by atoms with van der Waals surface area (Å²) in [7, 11) is 1.64. The van der Waals surface area contributed by atoms with E-state index >= 15 is 0 Å². The molecular formula is C14H21NO2. The Labute approximate surface area is 103 Å². The molecule has 1 aromatic rings. The van der Waals surface area contributed by atoms with E-state index in [1.54, 1.807) is 7.11 Å². The lowest BCUT2D eigenvalue weighted by Gasteiger charge is -2.16. The van der Waals surface area contributed by atoms with Crippen molar-refractivity contribution >= 4 is 5.78 Å². The Morgan fingerprint density at radius 3 is 2.59 bits per heavy atom. The topological polar surface area (TPSA) is 52.3 Å². The third-order valence-corrected chi connectivity index (χ3v) is 2.87. The zero-order valence-electron chi connectivity index (χ0n) is 11.0. The highest BCUT2D eigenvalue weighted by molar-refractivity contribution is 5.85. The average Bonchev–Trinajstić information content (AvgIpc) is 2.28. The Balaban J connectivity index is 2.88.